The number of aliphatic hydroxyl groups is 1. The molecule has 0 radical (unpaired) electrons. The smallest absolute Gasteiger partial charge is 0.327 e. The molecule has 0 saturated heterocycles. The van der Waals surface area contributed by atoms with E-state index < -0.39 is 45.0 Å². The average molecular weight is 442 g/mol. The van der Waals surface area contributed by atoms with Crippen LogP contribution in [0.25, 0.3) is 0 Å². The molecule has 3 rings (SSSR count). The van der Waals surface area contributed by atoms with Crippen LogP contribution >= 0.6 is 39.3 Å². The number of hydrogen-bond donors (Lipinski definition) is 1. The number of ketones is 2. The highest BCUT2D eigenvalue weighted by Gasteiger charge is 2.55. The molecule has 24 heavy (non-hydrogen) atoms. The van der Waals surface area contributed by atoms with Crippen LogP contribution < -0.4 is 4.74 Å². The van der Waals surface area contributed by atoms with Crippen LogP contribution in [0, 0.1) is 5.82 Å². The average Bonchev–Trinajstić information content (AvgIpc) is 2.71. The highest BCUT2D eigenvalue weighted by atomic mass is 79.9. The topological polar surface area (TPSA) is 63.6 Å². The predicted molar refractivity (Wildman–Crippen MR) is 83.6 cm³/mol. The minimum absolute atomic E-state index is 0.0285. The Hall–Kier alpha value is -1.29. The molecule has 4 nitrogen and oxygen atoms in total. The van der Waals surface area contributed by atoms with Crippen LogP contribution in [0.1, 0.15) is 0 Å². The molecule has 0 bridgehead atoms. The van der Waals surface area contributed by atoms with Crippen LogP contribution in [-0.2, 0) is 9.59 Å². The van der Waals surface area contributed by atoms with Gasteiger partial charge >= 0.3 is 5.25 Å². The molecule has 1 heterocycles. The number of benzene rings is 1. The zero-order chi connectivity index (χ0) is 17.8. The number of alkyl halides is 2. The number of carbonyl (C=O) groups excluding carboxylic acids is 2. The van der Waals surface area contributed by atoms with Crippen molar-refractivity contribution >= 4 is 50.9 Å². The SMILES string of the molecule is O=C1C(=O)C2=C(C(Br)=C1Oc1cc(F)cc(Cl)c1)C(O)C(F)(F)S2. The van der Waals surface area contributed by atoms with Gasteiger partial charge in [0.25, 0.3) is 5.78 Å². The van der Waals surface area contributed by atoms with Gasteiger partial charge in [0.1, 0.15) is 11.6 Å². The maximum absolute atomic E-state index is 13.6. The fraction of sp³-hybridized carbons (Fsp3) is 0.143. The zero-order valence-corrected chi connectivity index (χ0v) is 14.4. The van der Waals surface area contributed by atoms with E-state index in [0.29, 0.717) is 0 Å². The Balaban J connectivity index is 2.07. The summed E-state index contributed by atoms with van der Waals surface area (Å²) in [5, 5.41) is 6.02. The lowest BCUT2D eigenvalue weighted by atomic mass is 9.99. The Morgan fingerprint density at radius 1 is 1.25 bits per heavy atom. The normalized spacial score (nSPS) is 23.0. The van der Waals surface area contributed by atoms with Gasteiger partial charge in [-0.1, -0.05) is 11.6 Å². The summed E-state index contributed by atoms with van der Waals surface area (Å²) in [5.41, 5.74) is -0.438. The lowest BCUT2D eigenvalue weighted by Crippen LogP contribution is -2.30. The van der Waals surface area contributed by atoms with Crippen molar-refractivity contribution in [2.45, 2.75) is 11.4 Å². The second-order valence-corrected chi connectivity index (χ2v) is 7.20. The second-order valence-electron chi connectivity index (χ2n) is 4.82. The lowest BCUT2D eigenvalue weighted by Gasteiger charge is -2.19. The largest absolute Gasteiger partial charge is 0.452 e. The van der Waals surface area contributed by atoms with Crippen molar-refractivity contribution in [2.75, 3.05) is 0 Å². The molecule has 1 aromatic carbocycles. The summed E-state index contributed by atoms with van der Waals surface area (Å²) in [7, 11) is 0. The first-order chi connectivity index (χ1) is 11.1. The van der Waals surface area contributed by atoms with Gasteiger partial charge in [-0.2, -0.15) is 8.78 Å². The molecular weight excluding hydrogens is 437 g/mol. The van der Waals surface area contributed by atoms with Gasteiger partial charge in [0.15, 0.2) is 11.9 Å². The van der Waals surface area contributed by atoms with Crippen LogP contribution in [0.4, 0.5) is 13.2 Å². The van der Waals surface area contributed by atoms with Gasteiger partial charge in [0.05, 0.1) is 9.39 Å². The quantitative estimate of drug-likeness (QED) is 0.562. The molecule has 1 aromatic rings. The molecule has 1 aliphatic heterocycles. The number of thioether (sulfide) groups is 1. The fourth-order valence-corrected chi connectivity index (χ4v) is 4.18. The molecule has 1 atom stereocenters. The molecule has 2 aliphatic rings. The number of ether oxygens (including phenoxy) is 1. The monoisotopic (exact) mass is 440 g/mol. The van der Waals surface area contributed by atoms with Crippen LogP contribution in [0.2, 0.25) is 5.02 Å². The highest BCUT2D eigenvalue weighted by molar-refractivity contribution is 9.12. The van der Waals surface area contributed by atoms with Crippen molar-refractivity contribution in [3.8, 4) is 5.75 Å². The van der Waals surface area contributed by atoms with E-state index in [4.69, 9.17) is 16.3 Å². The molecule has 1 aliphatic carbocycles. The van der Waals surface area contributed by atoms with Gasteiger partial charge in [0, 0.05) is 16.7 Å². The van der Waals surface area contributed by atoms with Crippen LogP contribution in [0.5, 0.6) is 5.75 Å². The molecule has 10 heteroatoms. The van der Waals surface area contributed by atoms with Crippen molar-refractivity contribution in [3.05, 3.63) is 49.8 Å². The van der Waals surface area contributed by atoms with E-state index in [9.17, 15) is 27.9 Å². The molecule has 0 saturated carbocycles. The van der Waals surface area contributed by atoms with Gasteiger partial charge in [-0.15, -0.1) is 0 Å². The Bertz CT molecular complexity index is 832. The first-order valence-electron chi connectivity index (χ1n) is 6.24. The van der Waals surface area contributed by atoms with Crippen molar-refractivity contribution in [2.24, 2.45) is 0 Å². The summed E-state index contributed by atoms with van der Waals surface area (Å²) in [6.07, 6.45) is -2.29. The summed E-state index contributed by atoms with van der Waals surface area (Å²) in [6, 6.07) is 3.06. The van der Waals surface area contributed by atoms with Crippen molar-refractivity contribution in [1.82, 2.24) is 0 Å². The number of rotatable bonds is 2. The van der Waals surface area contributed by atoms with E-state index >= 15 is 0 Å². The van der Waals surface area contributed by atoms with Crippen LogP contribution in [0.15, 0.2) is 38.9 Å². The third-order valence-electron chi connectivity index (χ3n) is 3.19. The van der Waals surface area contributed by atoms with E-state index in [0.717, 1.165) is 12.1 Å². The van der Waals surface area contributed by atoms with Crippen molar-refractivity contribution in [3.63, 3.8) is 0 Å². The molecular formula is C14H5BrClF3O4S. The third-order valence-corrected chi connectivity index (χ3v) is 5.30. The number of allylic oxidation sites excluding steroid dienone is 2. The fourth-order valence-electron chi connectivity index (χ4n) is 2.15. The molecule has 126 valence electrons. The standard InChI is InChI=1S/C14H5BrClF3O4S/c15-8-7-12(24-14(18,19)13(7)22)10(21)9(20)11(8)23-6-2-4(16)1-5(17)3-6/h1-3,13,22H. The molecule has 0 aromatic heterocycles. The number of carbonyl (C=O) groups is 2. The van der Waals surface area contributed by atoms with E-state index in [-0.39, 0.29) is 27.0 Å². The minimum atomic E-state index is -3.66. The first kappa shape index (κ1) is 17.5. The second kappa shape index (κ2) is 5.91. The maximum Gasteiger partial charge on any atom is 0.327 e. The number of Topliss-reactive ketones (excluding diaryl/α,β-unsaturated/α-hetero) is 2. The summed E-state index contributed by atoms with van der Waals surface area (Å²) < 4.78 is 45.5. The summed E-state index contributed by atoms with van der Waals surface area (Å²) in [4.78, 5) is 23.6. The Morgan fingerprint density at radius 3 is 2.54 bits per heavy atom. The maximum atomic E-state index is 13.6. The molecule has 0 fully saturated rings. The minimum Gasteiger partial charge on any atom is -0.452 e. The molecule has 1 N–H and O–H groups in total. The Kier molecular flexibility index (Phi) is 4.31. The third kappa shape index (κ3) is 2.79. The summed E-state index contributed by atoms with van der Waals surface area (Å²) in [5.74, 6) is -4.01. The molecule has 1 unspecified atom stereocenters. The van der Waals surface area contributed by atoms with Gasteiger partial charge in [-0.25, -0.2) is 4.39 Å². The van der Waals surface area contributed by atoms with E-state index in [2.05, 4.69) is 15.9 Å². The van der Waals surface area contributed by atoms with Gasteiger partial charge in [-0.3, -0.25) is 9.59 Å². The van der Waals surface area contributed by atoms with Crippen LogP contribution in [-0.4, -0.2) is 28.0 Å². The molecule has 0 amide bonds. The van der Waals surface area contributed by atoms with E-state index in [1.165, 1.54) is 6.07 Å². The zero-order valence-electron chi connectivity index (χ0n) is 11.3. The van der Waals surface area contributed by atoms with Crippen LogP contribution in [0.3, 0.4) is 0 Å². The number of hydrogen-bond acceptors (Lipinski definition) is 5. The van der Waals surface area contributed by atoms with Gasteiger partial charge in [-0.05, 0) is 39.8 Å². The van der Waals surface area contributed by atoms with Crippen molar-refractivity contribution in [1.29, 1.82) is 0 Å². The Morgan fingerprint density at radius 2 is 1.92 bits per heavy atom. The van der Waals surface area contributed by atoms with Gasteiger partial charge < -0.3 is 9.84 Å². The Labute approximate surface area is 150 Å². The first-order valence-corrected chi connectivity index (χ1v) is 8.22. The predicted octanol–water partition coefficient (Wildman–Crippen LogP) is 3.57. The molecule has 0 spiro atoms. The summed E-state index contributed by atoms with van der Waals surface area (Å²) >= 11 is 8.39. The summed E-state index contributed by atoms with van der Waals surface area (Å²) in [6.45, 7) is 0. The number of halogens is 5. The highest BCUT2D eigenvalue weighted by Crippen LogP contribution is 2.54. The van der Waals surface area contributed by atoms with E-state index in [1.807, 2.05) is 0 Å². The van der Waals surface area contributed by atoms with Gasteiger partial charge in [0.2, 0.25) is 5.78 Å². The van der Waals surface area contributed by atoms with E-state index in [1.54, 1.807) is 0 Å². The van der Waals surface area contributed by atoms with Crippen molar-refractivity contribution < 1.29 is 32.6 Å². The lowest BCUT2D eigenvalue weighted by molar-refractivity contribution is -0.133. The number of aliphatic hydroxyl groups excluding tert-OH is 1.